The normalized spacial score (nSPS) is 18.3. The van der Waals surface area contributed by atoms with Crippen molar-refractivity contribution in [1.82, 2.24) is 20.0 Å². The smallest absolute Gasteiger partial charge is 0.0939 e. The number of thiazole rings is 1. The second-order valence-electron chi connectivity index (χ2n) is 5.65. The van der Waals surface area contributed by atoms with Gasteiger partial charge in [-0.25, -0.2) is 4.98 Å². The quantitative estimate of drug-likeness (QED) is 0.726. The van der Waals surface area contributed by atoms with Gasteiger partial charge in [0, 0.05) is 31.7 Å². The van der Waals surface area contributed by atoms with Crippen LogP contribution in [0.5, 0.6) is 0 Å². The third-order valence-electron chi connectivity index (χ3n) is 4.02. The van der Waals surface area contributed by atoms with Crippen LogP contribution in [0.3, 0.4) is 0 Å². The fraction of sp³-hybridized carbons (Fsp3) is 0.438. The summed E-state index contributed by atoms with van der Waals surface area (Å²) in [6.07, 6.45) is 5.15. The average Bonchev–Trinajstić information content (AvgIpc) is 3.27. The minimum Gasteiger partial charge on any atom is -0.381 e. The Hall–Kier alpha value is -1.79. The first-order valence-electron chi connectivity index (χ1n) is 7.71. The number of benzene rings is 1. The first-order valence-corrected chi connectivity index (χ1v) is 8.52. The molecule has 0 spiro atoms. The van der Waals surface area contributed by atoms with E-state index in [0.29, 0.717) is 5.92 Å². The van der Waals surface area contributed by atoms with E-state index in [9.17, 15) is 0 Å². The lowest BCUT2D eigenvalue weighted by atomic mass is 10.1. The van der Waals surface area contributed by atoms with Crippen molar-refractivity contribution in [3.8, 4) is 0 Å². The Bertz CT molecular complexity index is 727. The molecule has 0 aliphatic carbocycles. The zero-order valence-corrected chi connectivity index (χ0v) is 13.1. The first-order chi connectivity index (χ1) is 10.9. The summed E-state index contributed by atoms with van der Waals surface area (Å²) in [5.74, 6) is 0.429. The molecule has 1 fully saturated rings. The molecule has 2 aromatic heterocycles. The van der Waals surface area contributed by atoms with E-state index in [0.717, 1.165) is 50.2 Å². The monoisotopic (exact) mass is 314 g/mol. The molecule has 6 heteroatoms. The van der Waals surface area contributed by atoms with Gasteiger partial charge in [0.2, 0.25) is 0 Å². The Labute approximate surface area is 132 Å². The molecule has 3 heterocycles. The van der Waals surface area contributed by atoms with E-state index in [1.54, 1.807) is 11.3 Å². The molecule has 0 saturated carbocycles. The van der Waals surface area contributed by atoms with Crippen LogP contribution in [0.15, 0.2) is 30.5 Å². The third-order valence-corrected chi connectivity index (χ3v) is 5.12. The summed E-state index contributed by atoms with van der Waals surface area (Å²) in [4.78, 5) is 4.67. The number of para-hydroxylation sites is 1. The number of aryl methyl sites for hydroxylation is 2. The third kappa shape index (κ3) is 2.89. The molecule has 1 saturated heterocycles. The van der Waals surface area contributed by atoms with E-state index in [1.807, 2.05) is 10.7 Å². The van der Waals surface area contributed by atoms with E-state index in [-0.39, 0.29) is 0 Å². The maximum atomic E-state index is 5.40. The van der Waals surface area contributed by atoms with Crippen LogP contribution in [-0.4, -0.2) is 33.2 Å². The van der Waals surface area contributed by atoms with Gasteiger partial charge in [-0.1, -0.05) is 17.3 Å². The molecule has 114 valence electrons. The Morgan fingerprint density at radius 3 is 3.14 bits per heavy atom. The number of aromatic nitrogens is 4. The van der Waals surface area contributed by atoms with E-state index in [1.165, 1.54) is 9.71 Å². The van der Waals surface area contributed by atoms with Gasteiger partial charge in [-0.15, -0.1) is 16.4 Å². The average molecular weight is 314 g/mol. The number of fused-ring (bicyclic) bond motifs is 1. The van der Waals surface area contributed by atoms with Crippen molar-refractivity contribution in [2.24, 2.45) is 0 Å². The van der Waals surface area contributed by atoms with Crippen molar-refractivity contribution >= 4 is 21.6 Å². The van der Waals surface area contributed by atoms with Crippen LogP contribution in [-0.2, 0) is 17.7 Å². The van der Waals surface area contributed by atoms with Gasteiger partial charge < -0.3 is 4.74 Å². The maximum Gasteiger partial charge on any atom is 0.0939 e. The molecule has 0 amide bonds. The highest BCUT2D eigenvalue weighted by molar-refractivity contribution is 7.18. The lowest BCUT2D eigenvalue weighted by molar-refractivity contribution is 0.193. The lowest BCUT2D eigenvalue weighted by Crippen LogP contribution is -2.00. The predicted octanol–water partition coefficient (Wildman–Crippen LogP) is 3.02. The van der Waals surface area contributed by atoms with Gasteiger partial charge in [-0.2, -0.15) is 0 Å². The van der Waals surface area contributed by atoms with Gasteiger partial charge >= 0.3 is 0 Å². The van der Waals surface area contributed by atoms with Crippen LogP contribution in [0.4, 0.5) is 0 Å². The van der Waals surface area contributed by atoms with Gasteiger partial charge in [0.1, 0.15) is 0 Å². The van der Waals surface area contributed by atoms with E-state index < -0.39 is 0 Å². The maximum absolute atomic E-state index is 5.40. The molecule has 1 aromatic carbocycles. The highest BCUT2D eigenvalue weighted by atomic mass is 32.1. The van der Waals surface area contributed by atoms with Crippen molar-refractivity contribution in [1.29, 1.82) is 0 Å². The number of ether oxygens (including phenoxy) is 1. The molecular formula is C16H18N4OS. The minimum atomic E-state index is 0.429. The molecule has 1 atom stereocenters. The molecule has 1 aliphatic heterocycles. The molecular weight excluding hydrogens is 296 g/mol. The van der Waals surface area contributed by atoms with Crippen molar-refractivity contribution in [2.75, 3.05) is 13.2 Å². The summed E-state index contributed by atoms with van der Waals surface area (Å²) in [6, 6.07) is 8.30. The second kappa shape index (κ2) is 6.14. The molecule has 0 bridgehead atoms. The largest absolute Gasteiger partial charge is 0.381 e. The van der Waals surface area contributed by atoms with Gasteiger partial charge in [-0.3, -0.25) is 4.68 Å². The fourth-order valence-electron chi connectivity index (χ4n) is 2.80. The van der Waals surface area contributed by atoms with Crippen LogP contribution >= 0.6 is 11.3 Å². The SMILES string of the molecule is c1ccc2sc(CCCn3cc(C4CCOC4)nn3)nc2c1. The molecule has 5 nitrogen and oxygen atoms in total. The van der Waals surface area contributed by atoms with Crippen molar-refractivity contribution in [3.05, 3.63) is 41.2 Å². The standard InChI is InChI=1S/C16H18N4OS/c1-2-5-15-13(4-1)17-16(22-15)6-3-8-20-10-14(18-19-20)12-7-9-21-11-12/h1-2,4-5,10,12H,3,6-9,11H2. The summed E-state index contributed by atoms with van der Waals surface area (Å²) < 4.78 is 8.62. The molecule has 1 aliphatic rings. The Balaban J connectivity index is 1.34. The summed E-state index contributed by atoms with van der Waals surface area (Å²) in [5, 5.41) is 9.71. The number of hydrogen-bond acceptors (Lipinski definition) is 5. The highest BCUT2D eigenvalue weighted by Crippen LogP contribution is 2.24. The predicted molar refractivity (Wildman–Crippen MR) is 86.1 cm³/mol. The number of nitrogens with zero attached hydrogens (tertiary/aromatic N) is 4. The van der Waals surface area contributed by atoms with Crippen LogP contribution in [0.2, 0.25) is 0 Å². The summed E-state index contributed by atoms with van der Waals surface area (Å²) in [5.41, 5.74) is 2.17. The molecule has 3 aromatic rings. The molecule has 4 rings (SSSR count). The van der Waals surface area contributed by atoms with Gasteiger partial charge in [0.05, 0.1) is 27.5 Å². The van der Waals surface area contributed by atoms with E-state index in [2.05, 4.69) is 39.7 Å². The van der Waals surface area contributed by atoms with Gasteiger partial charge in [0.25, 0.3) is 0 Å². The minimum absolute atomic E-state index is 0.429. The van der Waals surface area contributed by atoms with Gasteiger partial charge in [0.15, 0.2) is 0 Å². The van der Waals surface area contributed by atoms with E-state index in [4.69, 9.17) is 4.74 Å². The number of rotatable bonds is 5. The van der Waals surface area contributed by atoms with Crippen molar-refractivity contribution in [2.45, 2.75) is 31.7 Å². The fourth-order valence-corrected chi connectivity index (χ4v) is 3.81. The molecule has 0 radical (unpaired) electrons. The lowest BCUT2D eigenvalue weighted by Gasteiger charge is -2.00. The zero-order chi connectivity index (χ0) is 14.8. The summed E-state index contributed by atoms with van der Waals surface area (Å²) >= 11 is 1.79. The highest BCUT2D eigenvalue weighted by Gasteiger charge is 2.20. The Morgan fingerprint density at radius 1 is 1.32 bits per heavy atom. The van der Waals surface area contributed by atoms with Crippen molar-refractivity contribution < 1.29 is 4.74 Å². The van der Waals surface area contributed by atoms with Crippen LogP contribution < -0.4 is 0 Å². The van der Waals surface area contributed by atoms with E-state index >= 15 is 0 Å². The zero-order valence-electron chi connectivity index (χ0n) is 12.3. The second-order valence-corrected chi connectivity index (χ2v) is 6.76. The summed E-state index contributed by atoms with van der Waals surface area (Å²) in [6.45, 7) is 2.51. The van der Waals surface area contributed by atoms with Crippen LogP contribution in [0, 0.1) is 0 Å². The molecule has 1 unspecified atom stereocenters. The number of hydrogen-bond donors (Lipinski definition) is 0. The van der Waals surface area contributed by atoms with Crippen LogP contribution in [0.1, 0.15) is 29.5 Å². The first kappa shape index (κ1) is 13.8. The Morgan fingerprint density at radius 2 is 2.27 bits per heavy atom. The topological polar surface area (TPSA) is 52.8 Å². The van der Waals surface area contributed by atoms with Crippen LogP contribution in [0.25, 0.3) is 10.2 Å². The molecule has 22 heavy (non-hydrogen) atoms. The molecule has 0 N–H and O–H groups in total. The Kier molecular flexibility index (Phi) is 3.86. The van der Waals surface area contributed by atoms with Gasteiger partial charge in [-0.05, 0) is 25.0 Å². The summed E-state index contributed by atoms with van der Waals surface area (Å²) in [7, 11) is 0. The van der Waals surface area contributed by atoms with Crippen molar-refractivity contribution in [3.63, 3.8) is 0 Å².